The molecule has 3 rings (SSSR count). The van der Waals surface area contributed by atoms with Crippen LogP contribution in [0.3, 0.4) is 0 Å². The Kier molecular flexibility index (Phi) is 3.27. The van der Waals surface area contributed by atoms with Crippen molar-refractivity contribution in [2.75, 3.05) is 6.54 Å². The number of benzene rings is 1. The summed E-state index contributed by atoms with van der Waals surface area (Å²) < 4.78 is 4.67. The van der Waals surface area contributed by atoms with E-state index in [1.165, 1.54) is 12.0 Å². The highest BCUT2D eigenvalue weighted by Crippen LogP contribution is 2.34. The van der Waals surface area contributed by atoms with Crippen LogP contribution in [-0.2, 0) is 6.54 Å². The molecule has 1 aliphatic rings. The van der Waals surface area contributed by atoms with Crippen LogP contribution < -0.4 is 5.32 Å². The maximum absolute atomic E-state index is 4.67. The first-order chi connectivity index (χ1) is 8.92. The highest BCUT2D eigenvalue weighted by Gasteiger charge is 2.20. The van der Waals surface area contributed by atoms with Crippen molar-refractivity contribution in [3.8, 4) is 0 Å². The molecular formula is C12H12N4OS. The largest absolute Gasteiger partial charge is 0.357 e. The fraction of sp³-hybridized carbons (Fsp3) is 0.250. The average Bonchev–Trinajstić information content (AvgIpc) is 3.09. The Morgan fingerprint density at radius 2 is 2.22 bits per heavy atom. The summed E-state index contributed by atoms with van der Waals surface area (Å²) in [6.07, 6.45) is 1.33. The molecule has 0 radical (unpaired) electrons. The summed E-state index contributed by atoms with van der Waals surface area (Å²) in [6, 6.07) is 10.4. The van der Waals surface area contributed by atoms with Crippen LogP contribution in [0.4, 0.5) is 0 Å². The van der Waals surface area contributed by atoms with Gasteiger partial charge in [0.05, 0.1) is 18.3 Å². The molecular weight excluding hydrogens is 248 g/mol. The summed E-state index contributed by atoms with van der Waals surface area (Å²) in [6.45, 7) is 1.35. The van der Waals surface area contributed by atoms with E-state index < -0.39 is 0 Å². The van der Waals surface area contributed by atoms with Crippen LogP contribution in [0.1, 0.15) is 16.6 Å². The molecule has 6 heteroatoms. The third-order valence-corrected chi connectivity index (χ3v) is 3.83. The lowest BCUT2D eigenvalue weighted by Crippen LogP contribution is -2.19. The van der Waals surface area contributed by atoms with E-state index in [9.17, 15) is 0 Å². The Labute approximate surface area is 109 Å². The molecule has 1 aromatic carbocycles. The van der Waals surface area contributed by atoms with Crippen molar-refractivity contribution in [2.24, 2.45) is 4.99 Å². The highest BCUT2D eigenvalue weighted by molar-refractivity contribution is 8.14. The predicted octanol–water partition coefficient (Wildman–Crippen LogP) is 2.00. The molecule has 1 aliphatic heterocycles. The van der Waals surface area contributed by atoms with Crippen LogP contribution >= 0.6 is 11.8 Å². The minimum atomic E-state index is 0.402. The Balaban J connectivity index is 1.55. The number of aromatic nitrogens is 2. The van der Waals surface area contributed by atoms with Gasteiger partial charge < -0.3 is 9.84 Å². The summed E-state index contributed by atoms with van der Waals surface area (Å²) >= 11 is 1.74. The van der Waals surface area contributed by atoms with Crippen LogP contribution in [0.15, 0.2) is 46.2 Å². The smallest absolute Gasteiger partial charge is 0.213 e. The standard InChI is InChI=1S/C12H12N4OS/c1-2-4-9(5-3-1)10-6-13-12(18-10)14-7-11-15-8-17-16-11/h1-5,8,10H,6-7H2,(H,13,14). The SMILES string of the molecule is c1ccc(C2CN=C(NCc3ncon3)S2)cc1. The number of thioether (sulfide) groups is 1. The summed E-state index contributed by atoms with van der Waals surface area (Å²) in [7, 11) is 0. The van der Waals surface area contributed by atoms with E-state index in [1.807, 2.05) is 6.07 Å². The Morgan fingerprint density at radius 3 is 3.00 bits per heavy atom. The zero-order chi connectivity index (χ0) is 12.2. The number of amidine groups is 1. The van der Waals surface area contributed by atoms with Crippen molar-refractivity contribution in [1.29, 1.82) is 0 Å². The zero-order valence-electron chi connectivity index (χ0n) is 9.61. The second kappa shape index (κ2) is 5.22. The Hall–Kier alpha value is -1.82. The van der Waals surface area contributed by atoms with Gasteiger partial charge in [0.1, 0.15) is 0 Å². The molecule has 0 aliphatic carbocycles. The number of nitrogens with one attached hydrogen (secondary N) is 1. The van der Waals surface area contributed by atoms with Gasteiger partial charge in [-0.2, -0.15) is 4.98 Å². The van der Waals surface area contributed by atoms with Gasteiger partial charge in [-0.25, -0.2) is 0 Å². The Morgan fingerprint density at radius 1 is 1.33 bits per heavy atom. The lowest BCUT2D eigenvalue weighted by Gasteiger charge is -2.08. The lowest BCUT2D eigenvalue weighted by molar-refractivity contribution is 0.409. The van der Waals surface area contributed by atoms with Crippen molar-refractivity contribution in [3.63, 3.8) is 0 Å². The van der Waals surface area contributed by atoms with Crippen LogP contribution in [0.2, 0.25) is 0 Å². The molecule has 0 fully saturated rings. The molecule has 0 amide bonds. The quantitative estimate of drug-likeness (QED) is 0.914. The van der Waals surface area contributed by atoms with E-state index in [4.69, 9.17) is 0 Å². The normalized spacial score (nSPS) is 18.7. The van der Waals surface area contributed by atoms with Crippen molar-refractivity contribution in [1.82, 2.24) is 15.5 Å². The van der Waals surface area contributed by atoms with Crippen molar-refractivity contribution >= 4 is 16.9 Å². The minimum Gasteiger partial charge on any atom is -0.357 e. The first-order valence-electron chi connectivity index (χ1n) is 5.67. The first kappa shape index (κ1) is 11.3. The molecule has 2 heterocycles. The third kappa shape index (κ3) is 2.53. The third-order valence-electron chi connectivity index (χ3n) is 2.63. The zero-order valence-corrected chi connectivity index (χ0v) is 10.4. The predicted molar refractivity (Wildman–Crippen MR) is 70.2 cm³/mol. The van der Waals surface area contributed by atoms with Gasteiger partial charge in [0.2, 0.25) is 6.39 Å². The highest BCUT2D eigenvalue weighted by atomic mass is 32.2. The van der Waals surface area contributed by atoms with Crippen molar-refractivity contribution in [2.45, 2.75) is 11.8 Å². The summed E-state index contributed by atoms with van der Waals surface area (Å²) in [5.41, 5.74) is 1.31. The first-order valence-corrected chi connectivity index (χ1v) is 6.55. The molecule has 0 saturated carbocycles. The second-order valence-electron chi connectivity index (χ2n) is 3.86. The summed E-state index contributed by atoms with van der Waals surface area (Å²) in [4.78, 5) is 8.43. The maximum atomic E-state index is 4.67. The number of hydrogen-bond acceptors (Lipinski definition) is 6. The molecule has 0 saturated heterocycles. The molecule has 0 spiro atoms. The van der Waals surface area contributed by atoms with Gasteiger partial charge in [0.25, 0.3) is 0 Å². The summed E-state index contributed by atoms with van der Waals surface area (Å²) in [5, 5.41) is 8.29. The number of hydrogen-bond donors (Lipinski definition) is 1. The van der Waals surface area contributed by atoms with Crippen molar-refractivity contribution < 1.29 is 4.52 Å². The van der Waals surface area contributed by atoms with E-state index >= 15 is 0 Å². The molecule has 1 atom stereocenters. The monoisotopic (exact) mass is 260 g/mol. The van der Waals surface area contributed by atoms with E-state index in [1.54, 1.807) is 11.8 Å². The molecule has 92 valence electrons. The second-order valence-corrected chi connectivity index (χ2v) is 5.06. The minimum absolute atomic E-state index is 0.402. The molecule has 5 nitrogen and oxygen atoms in total. The number of aliphatic imine (C=N–C) groups is 1. The van der Waals surface area contributed by atoms with E-state index in [2.05, 4.69) is 49.2 Å². The van der Waals surface area contributed by atoms with Crippen molar-refractivity contribution in [3.05, 3.63) is 48.1 Å². The molecule has 2 aromatic rings. The van der Waals surface area contributed by atoms with E-state index in [0.717, 1.165) is 11.7 Å². The van der Waals surface area contributed by atoms with Gasteiger partial charge in [0.15, 0.2) is 11.0 Å². The molecule has 1 N–H and O–H groups in total. The van der Waals surface area contributed by atoms with Gasteiger partial charge in [0, 0.05) is 0 Å². The number of nitrogens with zero attached hydrogens (tertiary/aromatic N) is 3. The van der Waals surface area contributed by atoms with E-state index in [0.29, 0.717) is 17.6 Å². The maximum Gasteiger partial charge on any atom is 0.213 e. The van der Waals surface area contributed by atoms with Gasteiger partial charge in [-0.3, -0.25) is 4.99 Å². The van der Waals surface area contributed by atoms with Gasteiger partial charge >= 0.3 is 0 Å². The lowest BCUT2D eigenvalue weighted by atomic mass is 10.1. The Bertz CT molecular complexity index is 526. The van der Waals surface area contributed by atoms with Crippen LogP contribution in [0.25, 0.3) is 0 Å². The van der Waals surface area contributed by atoms with Crippen LogP contribution in [0.5, 0.6) is 0 Å². The van der Waals surface area contributed by atoms with Gasteiger partial charge in [-0.05, 0) is 5.56 Å². The van der Waals surface area contributed by atoms with E-state index in [-0.39, 0.29) is 0 Å². The fourth-order valence-electron chi connectivity index (χ4n) is 1.74. The molecule has 18 heavy (non-hydrogen) atoms. The average molecular weight is 260 g/mol. The fourth-order valence-corrected chi connectivity index (χ4v) is 2.76. The summed E-state index contributed by atoms with van der Waals surface area (Å²) in [5.74, 6) is 0.640. The van der Waals surface area contributed by atoms with Gasteiger partial charge in [-0.1, -0.05) is 47.3 Å². The van der Waals surface area contributed by atoms with Crippen LogP contribution in [-0.4, -0.2) is 21.9 Å². The van der Waals surface area contributed by atoms with Crippen LogP contribution in [0, 0.1) is 0 Å². The molecule has 0 bridgehead atoms. The number of rotatable bonds is 3. The molecule has 1 unspecified atom stereocenters. The molecule has 1 aromatic heterocycles. The topological polar surface area (TPSA) is 63.3 Å². The van der Waals surface area contributed by atoms with Gasteiger partial charge in [-0.15, -0.1) is 0 Å².